The molecule has 1 unspecified atom stereocenters. The zero-order valence-electron chi connectivity index (χ0n) is 12.8. The molecule has 6 nitrogen and oxygen atoms in total. The SMILES string of the molecule is Cc1c(Cl)cccc1S(=O)(=O)N1CCC(Oc2ncc(Cl)cn2)C1. The van der Waals surface area contributed by atoms with Gasteiger partial charge in [-0.2, -0.15) is 4.31 Å². The molecule has 24 heavy (non-hydrogen) atoms. The van der Waals surface area contributed by atoms with Crippen LogP contribution in [-0.2, 0) is 10.0 Å². The van der Waals surface area contributed by atoms with Crippen molar-refractivity contribution in [2.75, 3.05) is 13.1 Å². The number of halogens is 2. The Bertz CT molecular complexity index is 844. The van der Waals surface area contributed by atoms with Crippen molar-refractivity contribution in [1.29, 1.82) is 0 Å². The maximum absolute atomic E-state index is 12.8. The highest BCUT2D eigenvalue weighted by molar-refractivity contribution is 7.89. The molecule has 0 bridgehead atoms. The van der Waals surface area contributed by atoms with E-state index >= 15 is 0 Å². The summed E-state index contributed by atoms with van der Waals surface area (Å²) in [7, 11) is -3.62. The zero-order chi connectivity index (χ0) is 17.3. The third kappa shape index (κ3) is 3.49. The first-order valence-electron chi connectivity index (χ1n) is 7.27. The second kappa shape index (κ2) is 6.84. The molecule has 2 heterocycles. The summed E-state index contributed by atoms with van der Waals surface area (Å²) in [6, 6.07) is 5.05. The number of rotatable bonds is 4. The summed E-state index contributed by atoms with van der Waals surface area (Å²) >= 11 is 11.8. The molecule has 0 amide bonds. The van der Waals surface area contributed by atoms with Crippen LogP contribution < -0.4 is 4.74 Å². The number of nitrogens with zero attached hydrogens (tertiary/aromatic N) is 3. The van der Waals surface area contributed by atoms with Gasteiger partial charge in [-0.15, -0.1) is 0 Å². The van der Waals surface area contributed by atoms with Crippen LogP contribution in [0.25, 0.3) is 0 Å². The minimum atomic E-state index is -3.62. The van der Waals surface area contributed by atoms with Gasteiger partial charge in [0, 0.05) is 11.6 Å². The topological polar surface area (TPSA) is 72.4 Å². The van der Waals surface area contributed by atoms with Gasteiger partial charge in [-0.05, 0) is 31.0 Å². The predicted octanol–water partition coefficient (Wildman–Crippen LogP) is 2.93. The summed E-state index contributed by atoms with van der Waals surface area (Å²) in [5, 5.41) is 0.840. The highest BCUT2D eigenvalue weighted by atomic mass is 35.5. The Kier molecular flexibility index (Phi) is 4.96. The lowest BCUT2D eigenvalue weighted by molar-refractivity contribution is 0.197. The molecule has 128 valence electrons. The van der Waals surface area contributed by atoms with E-state index in [2.05, 4.69) is 9.97 Å². The van der Waals surface area contributed by atoms with E-state index in [0.29, 0.717) is 28.6 Å². The lowest BCUT2D eigenvalue weighted by atomic mass is 10.2. The van der Waals surface area contributed by atoms with Crippen LogP contribution in [0.15, 0.2) is 35.5 Å². The molecule has 3 rings (SSSR count). The van der Waals surface area contributed by atoms with Gasteiger partial charge in [-0.25, -0.2) is 18.4 Å². The number of aromatic nitrogens is 2. The Morgan fingerprint density at radius 3 is 2.67 bits per heavy atom. The van der Waals surface area contributed by atoms with Gasteiger partial charge in [0.15, 0.2) is 0 Å². The molecule has 9 heteroatoms. The van der Waals surface area contributed by atoms with E-state index in [9.17, 15) is 8.42 Å². The average Bonchev–Trinajstić information content (AvgIpc) is 3.01. The van der Waals surface area contributed by atoms with E-state index in [0.717, 1.165) is 0 Å². The summed E-state index contributed by atoms with van der Waals surface area (Å²) in [6.07, 6.45) is 3.12. The fraction of sp³-hybridized carbons (Fsp3) is 0.333. The molecule has 1 aromatic carbocycles. The van der Waals surface area contributed by atoms with Crippen molar-refractivity contribution < 1.29 is 13.2 Å². The summed E-state index contributed by atoms with van der Waals surface area (Å²) in [6.45, 7) is 2.30. The van der Waals surface area contributed by atoms with E-state index in [-0.39, 0.29) is 23.6 Å². The molecule has 1 atom stereocenters. The first kappa shape index (κ1) is 17.4. The van der Waals surface area contributed by atoms with Gasteiger partial charge in [0.1, 0.15) is 6.10 Å². The van der Waals surface area contributed by atoms with E-state index in [1.165, 1.54) is 16.7 Å². The summed E-state index contributed by atoms with van der Waals surface area (Å²) < 4.78 is 32.7. The minimum Gasteiger partial charge on any atom is -0.459 e. The second-order valence-electron chi connectivity index (χ2n) is 5.44. The van der Waals surface area contributed by atoms with Crippen LogP contribution in [0.2, 0.25) is 10.0 Å². The zero-order valence-corrected chi connectivity index (χ0v) is 15.1. The van der Waals surface area contributed by atoms with Gasteiger partial charge in [0.05, 0.1) is 28.9 Å². The monoisotopic (exact) mass is 387 g/mol. The Hall–Kier alpha value is -1.41. The van der Waals surface area contributed by atoms with Gasteiger partial charge < -0.3 is 4.74 Å². The van der Waals surface area contributed by atoms with E-state index in [1.807, 2.05) is 0 Å². The Morgan fingerprint density at radius 1 is 1.25 bits per heavy atom. The van der Waals surface area contributed by atoms with Gasteiger partial charge in [-0.1, -0.05) is 29.3 Å². The average molecular weight is 388 g/mol. The molecule has 0 radical (unpaired) electrons. The van der Waals surface area contributed by atoms with Crippen molar-refractivity contribution in [1.82, 2.24) is 14.3 Å². The Balaban J connectivity index is 1.74. The third-order valence-corrected chi connectivity index (χ3v) is 6.43. The standard InChI is InChI=1S/C15H15Cl2N3O3S/c1-10-13(17)3-2-4-14(10)24(21,22)20-6-5-12(9-20)23-15-18-7-11(16)8-19-15/h2-4,7-8,12H,5-6,9H2,1H3. The fourth-order valence-electron chi connectivity index (χ4n) is 2.53. The smallest absolute Gasteiger partial charge is 0.316 e. The van der Waals surface area contributed by atoms with Crippen molar-refractivity contribution >= 4 is 33.2 Å². The largest absolute Gasteiger partial charge is 0.459 e. The second-order valence-corrected chi connectivity index (χ2v) is 8.19. The molecule has 1 aromatic heterocycles. The molecule has 1 aliphatic heterocycles. The van der Waals surface area contributed by atoms with Gasteiger partial charge in [0.25, 0.3) is 0 Å². The van der Waals surface area contributed by atoms with Gasteiger partial charge >= 0.3 is 6.01 Å². The van der Waals surface area contributed by atoms with Crippen molar-refractivity contribution in [2.45, 2.75) is 24.3 Å². The maximum Gasteiger partial charge on any atom is 0.316 e. The van der Waals surface area contributed by atoms with Crippen LogP contribution in [-0.4, -0.2) is 41.9 Å². The minimum absolute atomic E-state index is 0.183. The number of ether oxygens (including phenoxy) is 1. The quantitative estimate of drug-likeness (QED) is 0.806. The molecule has 0 saturated carbocycles. The van der Waals surface area contributed by atoms with E-state index in [1.54, 1.807) is 25.1 Å². The molecule has 2 aromatic rings. The molecule has 0 N–H and O–H groups in total. The van der Waals surface area contributed by atoms with Crippen molar-refractivity contribution in [2.24, 2.45) is 0 Å². The number of hydrogen-bond acceptors (Lipinski definition) is 5. The fourth-order valence-corrected chi connectivity index (χ4v) is 4.59. The van der Waals surface area contributed by atoms with Crippen LogP contribution in [0.1, 0.15) is 12.0 Å². The summed E-state index contributed by atoms with van der Waals surface area (Å²) in [4.78, 5) is 8.15. The van der Waals surface area contributed by atoms with Crippen LogP contribution in [0, 0.1) is 6.92 Å². The molecule has 0 spiro atoms. The van der Waals surface area contributed by atoms with Crippen molar-refractivity contribution in [3.8, 4) is 6.01 Å². The van der Waals surface area contributed by atoms with Crippen molar-refractivity contribution in [3.63, 3.8) is 0 Å². The maximum atomic E-state index is 12.8. The van der Waals surface area contributed by atoms with Crippen LogP contribution >= 0.6 is 23.2 Å². The van der Waals surface area contributed by atoms with Crippen LogP contribution in [0.4, 0.5) is 0 Å². The molecular formula is C15H15Cl2N3O3S. The Labute approximate surface area is 150 Å². The molecule has 1 fully saturated rings. The molecular weight excluding hydrogens is 373 g/mol. The third-order valence-electron chi connectivity index (χ3n) is 3.81. The van der Waals surface area contributed by atoms with Crippen LogP contribution in [0.3, 0.4) is 0 Å². The first-order chi connectivity index (χ1) is 11.4. The first-order valence-corrected chi connectivity index (χ1v) is 9.47. The van der Waals surface area contributed by atoms with E-state index < -0.39 is 10.0 Å². The molecule has 1 saturated heterocycles. The number of benzene rings is 1. The van der Waals surface area contributed by atoms with Crippen LogP contribution in [0.5, 0.6) is 6.01 Å². The normalized spacial score (nSPS) is 18.7. The predicted molar refractivity (Wildman–Crippen MR) is 91.0 cm³/mol. The molecule has 1 aliphatic rings. The summed E-state index contributed by atoms with van der Waals surface area (Å²) in [5.74, 6) is 0. The highest BCUT2D eigenvalue weighted by Crippen LogP contribution is 2.28. The number of hydrogen-bond donors (Lipinski definition) is 0. The lowest BCUT2D eigenvalue weighted by Crippen LogP contribution is -2.31. The Morgan fingerprint density at radius 2 is 1.96 bits per heavy atom. The number of sulfonamides is 1. The lowest BCUT2D eigenvalue weighted by Gasteiger charge is -2.18. The summed E-state index contributed by atoms with van der Waals surface area (Å²) in [5.41, 5.74) is 0.546. The molecule has 0 aliphatic carbocycles. The van der Waals surface area contributed by atoms with E-state index in [4.69, 9.17) is 27.9 Å². The van der Waals surface area contributed by atoms with Gasteiger partial charge in [-0.3, -0.25) is 0 Å². The highest BCUT2D eigenvalue weighted by Gasteiger charge is 2.35. The van der Waals surface area contributed by atoms with Crippen molar-refractivity contribution in [3.05, 3.63) is 46.2 Å². The van der Waals surface area contributed by atoms with Gasteiger partial charge in [0.2, 0.25) is 10.0 Å².